The number of methoxy groups -OCH3 is 1. The van der Waals surface area contributed by atoms with E-state index in [-0.39, 0.29) is 11.7 Å². The fourth-order valence-electron chi connectivity index (χ4n) is 3.95. The summed E-state index contributed by atoms with van der Waals surface area (Å²) in [6, 6.07) is 12.0. The lowest BCUT2D eigenvalue weighted by molar-refractivity contribution is 0.0813. The highest BCUT2D eigenvalue weighted by atomic mass is 32.1. The predicted octanol–water partition coefficient (Wildman–Crippen LogP) is 4.47. The molecular formula is C23H27N3O2S. The minimum atomic E-state index is 0.0562. The number of thiazole rings is 1. The Balaban J connectivity index is 1.45. The largest absolute Gasteiger partial charge is 0.497 e. The second-order valence-electron chi connectivity index (χ2n) is 7.87. The standard InChI is InChI=1S/C23H27N3O2S/c1-25(2)23-24-13-21(29-23)15-26-10-4-5-19(14-26)22(27)18-7-6-17-12-20(28-3)9-8-16(17)11-18/h6-9,11-13,19H,4-5,10,14-15H2,1-3H3/t19-/m1/s1. The third-order valence-electron chi connectivity index (χ3n) is 5.51. The van der Waals surface area contributed by atoms with Crippen LogP contribution in [0.5, 0.6) is 5.75 Å². The topological polar surface area (TPSA) is 45.7 Å². The van der Waals surface area contributed by atoms with Crippen LogP contribution in [0.3, 0.4) is 0 Å². The molecule has 3 aromatic rings. The number of benzene rings is 2. The summed E-state index contributed by atoms with van der Waals surface area (Å²) in [4.78, 5) is 23.3. The quantitative estimate of drug-likeness (QED) is 0.562. The van der Waals surface area contributed by atoms with Gasteiger partial charge in [0, 0.05) is 49.7 Å². The summed E-state index contributed by atoms with van der Waals surface area (Å²) in [5.41, 5.74) is 0.808. The highest BCUT2D eigenvalue weighted by Gasteiger charge is 2.27. The van der Waals surface area contributed by atoms with Gasteiger partial charge in [0.1, 0.15) is 5.75 Å². The van der Waals surface area contributed by atoms with Crippen molar-refractivity contribution in [3.63, 3.8) is 0 Å². The van der Waals surface area contributed by atoms with Gasteiger partial charge in [-0.2, -0.15) is 0 Å². The average molecular weight is 410 g/mol. The Morgan fingerprint density at radius 3 is 2.79 bits per heavy atom. The zero-order chi connectivity index (χ0) is 20.4. The number of carbonyl (C=O) groups is 1. The number of hydrogen-bond acceptors (Lipinski definition) is 6. The lowest BCUT2D eigenvalue weighted by Crippen LogP contribution is -2.38. The normalized spacial score (nSPS) is 17.4. The van der Waals surface area contributed by atoms with Gasteiger partial charge in [0.15, 0.2) is 10.9 Å². The van der Waals surface area contributed by atoms with Gasteiger partial charge < -0.3 is 9.64 Å². The van der Waals surface area contributed by atoms with Crippen molar-refractivity contribution in [1.29, 1.82) is 0 Å². The number of rotatable bonds is 6. The SMILES string of the molecule is COc1ccc2cc(C(=O)[C@@H]3CCCN(Cc4cnc(N(C)C)s4)C3)ccc2c1. The van der Waals surface area contributed by atoms with E-state index in [1.54, 1.807) is 18.4 Å². The van der Waals surface area contributed by atoms with E-state index >= 15 is 0 Å². The van der Waals surface area contributed by atoms with Crippen molar-refractivity contribution in [2.75, 3.05) is 39.2 Å². The van der Waals surface area contributed by atoms with Gasteiger partial charge in [-0.05, 0) is 48.4 Å². The second-order valence-corrected chi connectivity index (χ2v) is 8.96. The van der Waals surface area contributed by atoms with Crippen molar-refractivity contribution in [2.24, 2.45) is 5.92 Å². The molecule has 1 aliphatic rings. The molecule has 0 spiro atoms. The molecule has 1 atom stereocenters. The number of aromatic nitrogens is 1. The third-order valence-corrected chi connectivity index (χ3v) is 6.66. The van der Waals surface area contributed by atoms with Gasteiger partial charge in [-0.1, -0.05) is 18.2 Å². The molecule has 0 bridgehead atoms. The second kappa shape index (κ2) is 8.51. The van der Waals surface area contributed by atoms with E-state index < -0.39 is 0 Å². The number of ether oxygens (including phenoxy) is 1. The van der Waals surface area contributed by atoms with Gasteiger partial charge in [0.05, 0.1) is 7.11 Å². The molecule has 1 fully saturated rings. The van der Waals surface area contributed by atoms with Crippen LogP contribution in [0.25, 0.3) is 10.8 Å². The Bertz CT molecular complexity index is 1010. The highest BCUT2D eigenvalue weighted by molar-refractivity contribution is 7.15. The number of fused-ring (bicyclic) bond motifs is 1. The van der Waals surface area contributed by atoms with Crippen LogP contribution >= 0.6 is 11.3 Å². The van der Waals surface area contributed by atoms with Crippen molar-refractivity contribution in [3.8, 4) is 5.75 Å². The molecule has 1 aromatic heterocycles. The van der Waals surface area contributed by atoms with E-state index in [0.717, 1.165) is 59.7 Å². The Hall–Kier alpha value is -2.44. The van der Waals surface area contributed by atoms with Gasteiger partial charge in [-0.25, -0.2) is 4.98 Å². The maximum absolute atomic E-state index is 13.2. The monoisotopic (exact) mass is 409 g/mol. The molecule has 5 nitrogen and oxygen atoms in total. The Morgan fingerprint density at radius 2 is 2.03 bits per heavy atom. The number of Topliss-reactive ketones (excluding diaryl/α,β-unsaturated/α-hetero) is 1. The van der Waals surface area contributed by atoms with Gasteiger partial charge in [0.25, 0.3) is 0 Å². The van der Waals surface area contributed by atoms with E-state index in [2.05, 4.69) is 9.88 Å². The van der Waals surface area contributed by atoms with Crippen LogP contribution in [0.4, 0.5) is 5.13 Å². The first kappa shape index (κ1) is 19.9. The maximum atomic E-state index is 13.2. The predicted molar refractivity (Wildman–Crippen MR) is 119 cm³/mol. The summed E-state index contributed by atoms with van der Waals surface area (Å²) in [6.45, 7) is 2.72. The minimum absolute atomic E-state index is 0.0562. The minimum Gasteiger partial charge on any atom is -0.497 e. The Morgan fingerprint density at radius 1 is 1.24 bits per heavy atom. The van der Waals surface area contributed by atoms with Crippen LogP contribution in [0.2, 0.25) is 0 Å². The summed E-state index contributed by atoms with van der Waals surface area (Å²) < 4.78 is 5.29. The Kier molecular flexibility index (Phi) is 5.83. The molecule has 0 saturated carbocycles. The van der Waals surface area contributed by atoms with Gasteiger partial charge in [-0.15, -0.1) is 11.3 Å². The summed E-state index contributed by atoms with van der Waals surface area (Å²) in [7, 11) is 5.69. The molecule has 2 aromatic carbocycles. The molecule has 0 unspecified atom stereocenters. The van der Waals surface area contributed by atoms with Crippen LogP contribution < -0.4 is 9.64 Å². The van der Waals surface area contributed by atoms with E-state index in [9.17, 15) is 4.79 Å². The number of anilines is 1. The van der Waals surface area contributed by atoms with Crippen molar-refractivity contribution >= 4 is 33.0 Å². The van der Waals surface area contributed by atoms with Crippen LogP contribution in [-0.4, -0.2) is 50.0 Å². The summed E-state index contributed by atoms with van der Waals surface area (Å²) in [6.07, 6.45) is 3.98. The van der Waals surface area contributed by atoms with Crippen LogP contribution in [0.15, 0.2) is 42.6 Å². The molecule has 4 rings (SSSR count). The molecule has 0 N–H and O–H groups in total. The van der Waals surface area contributed by atoms with Gasteiger partial charge in [0.2, 0.25) is 0 Å². The number of piperidine rings is 1. The molecule has 1 saturated heterocycles. The first-order valence-corrected chi connectivity index (χ1v) is 10.8. The molecule has 152 valence electrons. The number of hydrogen-bond donors (Lipinski definition) is 0. The zero-order valence-corrected chi connectivity index (χ0v) is 18.0. The highest BCUT2D eigenvalue weighted by Crippen LogP contribution is 2.28. The lowest BCUT2D eigenvalue weighted by atomic mass is 9.89. The first-order valence-electron chi connectivity index (χ1n) is 10.00. The van der Waals surface area contributed by atoms with E-state index in [0.29, 0.717) is 0 Å². The number of likely N-dealkylation sites (tertiary alicyclic amines) is 1. The van der Waals surface area contributed by atoms with Crippen molar-refractivity contribution < 1.29 is 9.53 Å². The molecule has 0 radical (unpaired) electrons. The average Bonchev–Trinajstić information content (AvgIpc) is 3.21. The summed E-state index contributed by atoms with van der Waals surface area (Å²) >= 11 is 1.72. The van der Waals surface area contributed by atoms with Crippen LogP contribution in [0, 0.1) is 5.92 Å². The molecule has 0 aliphatic carbocycles. The van der Waals surface area contributed by atoms with Crippen molar-refractivity contribution in [3.05, 3.63) is 53.0 Å². The van der Waals surface area contributed by atoms with Crippen molar-refractivity contribution in [2.45, 2.75) is 19.4 Å². The maximum Gasteiger partial charge on any atom is 0.185 e. The number of ketones is 1. The smallest absolute Gasteiger partial charge is 0.185 e. The third kappa shape index (κ3) is 4.43. The number of nitrogens with zero attached hydrogens (tertiary/aromatic N) is 3. The van der Waals surface area contributed by atoms with Crippen LogP contribution in [0.1, 0.15) is 28.1 Å². The Labute approximate surface area is 175 Å². The molecule has 29 heavy (non-hydrogen) atoms. The van der Waals surface area contributed by atoms with E-state index in [1.165, 1.54) is 4.88 Å². The molecule has 6 heteroatoms. The molecule has 0 amide bonds. The summed E-state index contributed by atoms with van der Waals surface area (Å²) in [5, 5.41) is 3.19. The van der Waals surface area contributed by atoms with Crippen molar-refractivity contribution in [1.82, 2.24) is 9.88 Å². The van der Waals surface area contributed by atoms with Gasteiger partial charge in [-0.3, -0.25) is 9.69 Å². The fourth-order valence-corrected chi connectivity index (χ4v) is 4.83. The summed E-state index contributed by atoms with van der Waals surface area (Å²) in [5.74, 6) is 1.14. The first-order chi connectivity index (χ1) is 14.0. The lowest BCUT2D eigenvalue weighted by Gasteiger charge is -2.31. The van der Waals surface area contributed by atoms with Crippen LogP contribution in [-0.2, 0) is 6.54 Å². The van der Waals surface area contributed by atoms with E-state index in [1.807, 2.05) is 61.6 Å². The number of carbonyl (C=O) groups excluding carboxylic acids is 1. The fraction of sp³-hybridized carbons (Fsp3) is 0.391. The molecule has 1 aliphatic heterocycles. The molecular weight excluding hydrogens is 382 g/mol. The van der Waals surface area contributed by atoms with Gasteiger partial charge >= 0.3 is 0 Å². The molecule has 2 heterocycles. The zero-order valence-electron chi connectivity index (χ0n) is 17.2. The van der Waals surface area contributed by atoms with E-state index in [4.69, 9.17) is 4.74 Å².